The van der Waals surface area contributed by atoms with Crippen LogP contribution < -0.4 is 5.32 Å². The number of hydrogen-bond donors (Lipinski definition) is 1. The number of rotatable bonds is 7. The van der Waals surface area contributed by atoms with E-state index in [1.165, 1.54) is 32.5 Å². The molecule has 17 heavy (non-hydrogen) atoms. The molecule has 0 aromatic carbocycles. The summed E-state index contributed by atoms with van der Waals surface area (Å²) in [6.07, 6.45) is 2.80. The zero-order valence-electron chi connectivity index (χ0n) is 11.3. The number of fused-ring (bicyclic) bond motifs is 3. The monoisotopic (exact) mass is 241 g/mol. The molecule has 0 aromatic rings. The Kier molecular flexibility index (Phi) is 5.22. The van der Waals surface area contributed by atoms with Gasteiger partial charge in [-0.25, -0.2) is 0 Å². The average molecular weight is 241 g/mol. The summed E-state index contributed by atoms with van der Waals surface area (Å²) in [6.45, 7) is 8.01. The minimum atomic E-state index is 0.744. The number of likely N-dealkylation sites (N-methyl/N-ethyl adjacent to an activating group) is 1. The summed E-state index contributed by atoms with van der Waals surface area (Å²) in [4.78, 5) is 4.93. The van der Waals surface area contributed by atoms with Crippen molar-refractivity contribution in [2.45, 2.75) is 18.9 Å². The standard InChI is InChI=1S/C13H27N3O/c1-15(9-10-17-2)8-5-14-13-11-16-6-3-12(13)4-7-16/h12-14H,3-11H2,1-2H3. The van der Waals surface area contributed by atoms with Crippen molar-refractivity contribution in [2.24, 2.45) is 5.92 Å². The molecular formula is C13H27N3O. The van der Waals surface area contributed by atoms with Gasteiger partial charge in [0.2, 0.25) is 0 Å². The molecule has 1 unspecified atom stereocenters. The topological polar surface area (TPSA) is 27.7 Å². The summed E-state index contributed by atoms with van der Waals surface area (Å²) in [6, 6.07) is 0.744. The van der Waals surface area contributed by atoms with Crippen LogP contribution in [0, 0.1) is 5.92 Å². The Labute approximate surface area is 105 Å². The van der Waals surface area contributed by atoms with Gasteiger partial charge in [-0.3, -0.25) is 0 Å². The third-order valence-electron chi connectivity index (χ3n) is 4.23. The van der Waals surface area contributed by atoms with Gasteiger partial charge < -0.3 is 19.9 Å². The highest BCUT2D eigenvalue weighted by Crippen LogP contribution is 2.27. The molecule has 1 N–H and O–H groups in total. The average Bonchev–Trinajstić information content (AvgIpc) is 2.38. The van der Waals surface area contributed by atoms with Crippen molar-refractivity contribution in [3.63, 3.8) is 0 Å². The lowest BCUT2D eigenvalue weighted by atomic mass is 9.84. The molecule has 3 aliphatic rings. The summed E-state index contributed by atoms with van der Waals surface area (Å²) < 4.78 is 5.08. The van der Waals surface area contributed by atoms with E-state index in [0.29, 0.717) is 0 Å². The molecule has 3 fully saturated rings. The molecule has 0 spiro atoms. The van der Waals surface area contributed by atoms with E-state index in [1.54, 1.807) is 7.11 Å². The van der Waals surface area contributed by atoms with Gasteiger partial charge in [0.05, 0.1) is 6.61 Å². The van der Waals surface area contributed by atoms with Crippen molar-refractivity contribution in [2.75, 3.05) is 60.0 Å². The third-order valence-corrected chi connectivity index (χ3v) is 4.23. The van der Waals surface area contributed by atoms with Gasteiger partial charge in [-0.1, -0.05) is 0 Å². The largest absolute Gasteiger partial charge is 0.383 e. The highest BCUT2D eigenvalue weighted by atomic mass is 16.5. The van der Waals surface area contributed by atoms with Crippen molar-refractivity contribution < 1.29 is 4.74 Å². The van der Waals surface area contributed by atoms with E-state index >= 15 is 0 Å². The fourth-order valence-electron chi connectivity index (χ4n) is 3.00. The Morgan fingerprint density at radius 1 is 1.29 bits per heavy atom. The second kappa shape index (κ2) is 6.69. The van der Waals surface area contributed by atoms with Gasteiger partial charge in [-0.05, 0) is 38.9 Å². The Balaban J connectivity index is 1.59. The molecule has 2 bridgehead atoms. The summed E-state index contributed by atoms with van der Waals surface area (Å²) in [5.41, 5.74) is 0. The normalized spacial score (nSPS) is 32.3. The third kappa shape index (κ3) is 3.91. The maximum Gasteiger partial charge on any atom is 0.0589 e. The molecule has 1 atom stereocenters. The number of piperidine rings is 3. The highest BCUT2D eigenvalue weighted by molar-refractivity contribution is 4.90. The Hall–Kier alpha value is -0.160. The van der Waals surface area contributed by atoms with E-state index in [1.807, 2.05) is 0 Å². The van der Waals surface area contributed by atoms with Crippen molar-refractivity contribution in [1.29, 1.82) is 0 Å². The van der Waals surface area contributed by atoms with Crippen LogP contribution in [-0.2, 0) is 4.74 Å². The van der Waals surface area contributed by atoms with E-state index in [4.69, 9.17) is 4.74 Å². The highest BCUT2D eigenvalue weighted by Gasteiger charge is 2.33. The Morgan fingerprint density at radius 2 is 2.06 bits per heavy atom. The number of nitrogens with zero attached hydrogens (tertiary/aromatic N) is 2. The quantitative estimate of drug-likeness (QED) is 0.691. The summed E-state index contributed by atoms with van der Waals surface area (Å²) in [5.74, 6) is 0.935. The fourth-order valence-corrected chi connectivity index (χ4v) is 3.00. The van der Waals surface area contributed by atoms with E-state index in [0.717, 1.165) is 38.2 Å². The van der Waals surface area contributed by atoms with Crippen LogP contribution in [-0.4, -0.2) is 75.9 Å². The molecule has 3 saturated heterocycles. The van der Waals surface area contributed by atoms with Crippen LogP contribution in [0.15, 0.2) is 0 Å². The van der Waals surface area contributed by atoms with Crippen LogP contribution in [0.2, 0.25) is 0 Å². The molecule has 100 valence electrons. The molecular weight excluding hydrogens is 214 g/mol. The van der Waals surface area contributed by atoms with E-state index in [9.17, 15) is 0 Å². The molecule has 0 saturated carbocycles. The van der Waals surface area contributed by atoms with Gasteiger partial charge in [0, 0.05) is 39.3 Å². The minimum Gasteiger partial charge on any atom is -0.383 e. The number of ether oxygens (including phenoxy) is 1. The number of nitrogens with one attached hydrogen (secondary N) is 1. The maximum atomic E-state index is 5.08. The zero-order chi connectivity index (χ0) is 12.1. The first-order valence-corrected chi connectivity index (χ1v) is 6.93. The minimum absolute atomic E-state index is 0.744. The van der Waals surface area contributed by atoms with E-state index < -0.39 is 0 Å². The summed E-state index contributed by atoms with van der Waals surface area (Å²) in [5, 5.41) is 3.74. The molecule has 0 radical (unpaired) electrons. The SMILES string of the molecule is COCCN(C)CCNC1CN2CCC1CC2. The predicted molar refractivity (Wildman–Crippen MR) is 70.3 cm³/mol. The maximum absolute atomic E-state index is 5.08. The molecule has 0 aromatic heterocycles. The van der Waals surface area contributed by atoms with Crippen LogP contribution in [0.5, 0.6) is 0 Å². The van der Waals surface area contributed by atoms with E-state index in [-0.39, 0.29) is 0 Å². The first kappa shape index (κ1) is 13.3. The molecule has 0 amide bonds. The van der Waals surface area contributed by atoms with E-state index in [2.05, 4.69) is 22.2 Å². The smallest absolute Gasteiger partial charge is 0.0589 e. The lowest BCUT2D eigenvalue weighted by Crippen LogP contribution is -2.56. The van der Waals surface area contributed by atoms with Crippen molar-refractivity contribution in [3.8, 4) is 0 Å². The summed E-state index contributed by atoms with van der Waals surface area (Å²) >= 11 is 0. The fraction of sp³-hybridized carbons (Fsp3) is 1.00. The van der Waals surface area contributed by atoms with Crippen molar-refractivity contribution >= 4 is 0 Å². The van der Waals surface area contributed by atoms with Gasteiger partial charge in [-0.2, -0.15) is 0 Å². The molecule has 3 aliphatic heterocycles. The molecule has 3 heterocycles. The first-order chi connectivity index (χ1) is 8.29. The Bertz CT molecular complexity index is 217. The second-order valence-electron chi connectivity index (χ2n) is 5.49. The van der Waals surface area contributed by atoms with Gasteiger partial charge in [-0.15, -0.1) is 0 Å². The molecule has 3 rings (SSSR count). The van der Waals surface area contributed by atoms with Crippen LogP contribution in [0.1, 0.15) is 12.8 Å². The second-order valence-corrected chi connectivity index (χ2v) is 5.49. The molecule has 0 aliphatic carbocycles. The number of methoxy groups -OCH3 is 1. The van der Waals surface area contributed by atoms with Crippen molar-refractivity contribution in [3.05, 3.63) is 0 Å². The zero-order valence-corrected chi connectivity index (χ0v) is 11.3. The van der Waals surface area contributed by atoms with Gasteiger partial charge in [0.25, 0.3) is 0 Å². The van der Waals surface area contributed by atoms with Gasteiger partial charge in [0.1, 0.15) is 0 Å². The molecule has 4 heteroatoms. The van der Waals surface area contributed by atoms with Crippen molar-refractivity contribution in [1.82, 2.24) is 15.1 Å². The number of hydrogen-bond acceptors (Lipinski definition) is 4. The van der Waals surface area contributed by atoms with Crippen LogP contribution in [0.4, 0.5) is 0 Å². The van der Waals surface area contributed by atoms with Crippen LogP contribution in [0.3, 0.4) is 0 Å². The van der Waals surface area contributed by atoms with Crippen LogP contribution in [0.25, 0.3) is 0 Å². The van der Waals surface area contributed by atoms with Crippen LogP contribution >= 0.6 is 0 Å². The lowest BCUT2D eigenvalue weighted by Gasteiger charge is -2.45. The lowest BCUT2D eigenvalue weighted by molar-refractivity contribution is 0.0712. The summed E-state index contributed by atoms with van der Waals surface area (Å²) in [7, 11) is 3.93. The first-order valence-electron chi connectivity index (χ1n) is 6.93. The van der Waals surface area contributed by atoms with Gasteiger partial charge >= 0.3 is 0 Å². The Morgan fingerprint density at radius 3 is 2.65 bits per heavy atom. The predicted octanol–water partition coefficient (Wildman–Crippen LogP) is 0.248. The molecule has 4 nitrogen and oxygen atoms in total. The van der Waals surface area contributed by atoms with Gasteiger partial charge in [0.15, 0.2) is 0 Å².